The van der Waals surface area contributed by atoms with E-state index < -0.39 is 56.6 Å². The van der Waals surface area contributed by atoms with Gasteiger partial charge in [-0.2, -0.15) is 0 Å². The number of pyridine rings is 1. The first-order chi connectivity index (χ1) is 28.5. The fourth-order valence-electron chi connectivity index (χ4n) is 9.38. The molecule has 2 aliphatic heterocycles. The van der Waals surface area contributed by atoms with Crippen LogP contribution in [0, 0.1) is 17.8 Å². The molecular weight excluding hydrogens is 771 g/mol. The average Bonchev–Trinajstić information content (AvgIpc) is 4.13. The zero-order valence-electron chi connectivity index (χ0n) is 33.8. The Hall–Kier alpha value is -4.98. The van der Waals surface area contributed by atoms with Crippen molar-refractivity contribution in [3.05, 3.63) is 67.3 Å². The van der Waals surface area contributed by atoms with Crippen molar-refractivity contribution < 1.29 is 37.1 Å². The van der Waals surface area contributed by atoms with Crippen LogP contribution in [-0.2, 0) is 29.2 Å². The maximum absolute atomic E-state index is 14.7. The number of fused-ring (bicyclic) bond motifs is 1. The molecule has 3 heterocycles. The first kappa shape index (κ1) is 40.8. The van der Waals surface area contributed by atoms with Crippen LogP contribution in [0.5, 0.6) is 11.5 Å². The lowest BCUT2D eigenvalue weighted by molar-refractivity contribution is -0.145. The molecule has 3 aromatic rings. The maximum atomic E-state index is 14.7. The van der Waals surface area contributed by atoms with Crippen molar-refractivity contribution in [2.24, 2.45) is 17.8 Å². The van der Waals surface area contributed by atoms with E-state index in [9.17, 15) is 27.6 Å². The summed E-state index contributed by atoms with van der Waals surface area (Å²) in [4.78, 5) is 65.3. The zero-order chi connectivity index (χ0) is 41.3. The normalized spacial score (nSPS) is 25.0. The van der Waals surface area contributed by atoms with Gasteiger partial charge in [0.25, 0.3) is 5.91 Å². The number of piperidine rings is 1. The van der Waals surface area contributed by atoms with Gasteiger partial charge in [0.2, 0.25) is 27.7 Å². The predicted octanol–water partition coefficient (Wildman–Crippen LogP) is 5.53. The lowest BCUT2D eigenvalue weighted by Crippen LogP contribution is -2.56. The second-order valence-corrected chi connectivity index (χ2v) is 19.1. The summed E-state index contributed by atoms with van der Waals surface area (Å²) in [5.41, 5.74) is 0.674. The molecule has 1 aromatic heterocycles. The first-order valence-corrected chi connectivity index (χ1v) is 22.8. The molecule has 8 rings (SSSR count). The van der Waals surface area contributed by atoms with Crippen LogP contribution in [-0.4, -0.2) is 96.5 Å². The second-order valence-electron chi connectivity index (χ2n) is 17.1. The highest BCUT2D eigenvalue weighted by Crippen LogP contribution is 2.46. The van der Waals surface area contributed by atoms with E-state index in [1.807, 2.05) is 59.5 Å². The van der Waals surface area contributed by atoms with Crippen LogP contribution in [0.2, 0.25) is 0 Å². The van der Waals surface area contributed by atoms with Crippen LogP contribution in [0.15, 0.2) is 67.3 Å². The number of sulfonamides is 1. The van der Waals surface area contributed by atoms with E-state index in [1.165, 1.54) is 4.90 Å². The molecule has 2 aromatic carbocycles. The van der Waals surface area contributed by atoms with E-state index in [1.54, 1.807) is 13.2 Å². The number of likely N-dealkylation sites (tertiary alicyclic amines) is 2. The van der Waals surface area contributed by atoms with Crippen LogP contribution >= 0.6 is 0 Å². The summed E-state index contributed by atoms with van der Waals surface area (Å²) >= 11 is 0. The van der Waals surface area contributed by atoms with E-state index >= 15 is 0 Å². The third-order valence-electron chi connectivity index (χ3n) is 13.0. The lowest BCUT2D eigenvalue weighted by Gasteiger charge is -2.32. The standard InChI is InChI=1S/C45H55N5O8S/c1-3-32-27-45(32,44(54)48-59(55,56)35-17-18-35)47-42(52)39-25-34(58-40-26-37(30-14-6-4-7-15-30)46-38-24-33(57-2)16-19-36(38)40)28-50(39)41(51)23-31(22-29-12-8-9-13-29)43(53)49-20-10-5-11-21-49/h3-4,6-7,14-16,19,24,26,29,31-32,34-35,39H,1,5,8-13,17-18,20-23,25,27-28H2,2H3,(H,47,52)(H,48,54)/t31-,32?,34?,39+,45-/m1/s1. The van der Waals surface area contributed by atoms with Crippen molar-refractivity contribution in [1.29, 1.82) is 0 Å². The summed E-state index contributed by atoms with van der Waals surface area (Å²) in [5.74, 6) is -1.21. The highest BCUT2D eigenvalue weighted by molar-refractivity contribution is 7.91. The third-order valence-corrected chi connectivity index (χ3v) is 14.8. The molecule has 2 N–H and O–H groups in total. The minimum atomic E-state index is -3.89. The largest absolute Gasteiger partial charge is 0.497 e. The van der Waals surface area contributed by atoms with Crippen LogP contribution in [0.3, 0.4) is 0 Å². The molecule has 3 aliphatic carbocycles. The van der Waals surface area contributed by atoms with Gasteiger partial charge in [0.1, 0.15) is 29.2 Å². The molecule has 0 radical (unpaired) electrons. The molecule has 5 atom stereocenters. The Morgan fingerprint density at radius 2 is 1.73 bits per heavy atom. The molecule has 5 aliphatic rings. The Balaban J connectivity index is 1.09. The summed E-state index contributed by atoms with van der Waals surface area (Å²) in [7, 11) is -2.30. The highest BCUT2D eigenvalue weighted by Gasteiger charge is 2.62. The Labute approximate surface area is 346 Å². The minimum absolute atomic E-state index is 0.00405. The molecule has 0 bridgehead atoms. The van der Waals surface area contributed by atoms with Crippen molar-refractivity contribution in [2.75, 3.05) is 26.7 Å². The van der Waals surface area contributed by atoms with E-state index in [0.717, 1.165) is 55.9 Å². The van der Waals surface area contributed by atoms with Crippen molar-refractivity contribution in [1.82, 2.24) is 24.8 Å². The molecule has 314 valence electrons. The van der Waals surface area contributed by atoms with Crippen molar-refractivity contribution in [3.63, 3.8) is 0 Å². The fourth-order valence-corrected chi connectivity index (χ4v) is 10.7. The first-order valence-electron chi connectivity index (χ1n) is 21.3. The number of hydrogen-bond donors (Lipinski definition) is 2. The Bertz CT molecular complexity index is 2200. The molecule has 0 spiro atoms. The van der Waals surface area contributed by atoms with Crippen molar-refractivity contribution >= 4 is 44.6 Å². The molecule has 3 saturated carbocycles. The van der Waals surface area contributed by atoms with E-state index in [2.05, 4.69) is 16.6 Å². The SMILES string of the molecule is C=CC1C[C@]1(NC(=O)[C@@H]1CC(Oc2cc(-c3ccccc3)nc3cc(OC)ccc23)CN1C(=O)C[C@@H](CC1CCCC1)C(=O)N1CCCCC1)C(=O)NS(=O)(=O)C1CC1. The monoisotopic (exact) mass is 825 g/mol. The summed E-state index contributed by atoms with van der Waals surface area (Å²) in [6.45, 7) is 5.25. The molecule has 4 amide bonds. The number of benzene rings is 2. The number of rotatable bonds is 15. The van der Waals surface area contributed by atoms with Crippen LogP contribution in [0.4, 0.5) is 0 Å². The van der Waals surface area contributed by atoms with Gasteiger partial charge < -0.3 is 24.6 Å². The van der Waals surface area contributed by atoms with E-state index in [-0.39, 0.29) is 37.6 Å². The van der Waals surface area contributed by atoms with Gasteiger partial charge in [0, 0.05) is 60.8 Å². The van der Waals surface area contributed by atoms with Crippen molar-refractivity contribution in [3.8, 4) is 22.8 Å². The number of carbonyl (C=O) groups excluding carboxylic acids is 4. The quantitative estimate of drug-likeness (QED) is 0.188. The number of ether oxygens (including phenoxy) is 2. The number of nitrogens with zero attached hydrogens (tertiary/aromatic N) is 3. The van der Waals surface area contributed by atoms with Gasteiger partial charge in [-0.05, 0) is 63.0 Å². The van der Waals surface area contributed by atoms with Crippen LogP contribution < -0.4 is 19.5 Å². The zero-order valence-corrected chi connectivity index (χ0v) is 34.6. The molecule has 59 heavy (non-hydrogen) atoms. The minimum Gasteiger partial charge on any atom is -0.497 e. The highest BCUT2D eigenvalue weighted by atomic mass is 32.2. The maximum Gasteiger partial charge on any atom is 0.259 e. The van der Waals surface area contributed by atoms with Crippen LogP contribution in [0.1, 0.15) is 83.5 Å². The molecule has 13 nitrogen and oxygen atoms in total. The molecular formula is C45H55N5O8S. The number of carbonyl (C=O) groups is 4. The smallest absolute Gasteiger partial charge is 0.259 e. The summed E-state index contributed by atoms with van der Waals surface area (Å²) < 4.78 is 40.1. The third kappa shape index (κ3) is 8.83. The number of nitrogens with one attached hydrogen (secondary N) is 2. The molecule has 5 fully saturated rings. The van der Waals surface area contributed by atoms with Gasteiger partial charge in [-0.25, -0.2) is 13.4 Å². The van der Waals surface area contributed by atoms with Gasteiger partial charge in [0.05, 0.1) is 30.1 Å². The number of amides is 4. The predicted molar refractivity (Wildman–Crippen MR) is 223 cm³/mol. The summed E-state index contributed by atoms with van der Waals surface area (Å²) in [5, 5.41) is 2.98. The average molecular weight is 826 g/mol. The molecule has 14 heteroatoms. The van der Waals surface area contributed by atoms with Crippen molar-refractivity contribution in [2.45, 2.75) is 106 Å². The summed E-state index contributed by atoms with van der Waals surface area (Å²) in [6, 6.07) is 16.0. The van der Waals surface area contributed by atoms with Gasteiger partial charge >= 0.3 is 0 Å². The van der Waals surface area contributed by atoms with Gasteiger partial charge in [-0.15, -0.1) is 6.58 Å². The summed E-state index contributed by atoms with van der Waals surface area (Å²) in [6.07, 6.45) is 9.95. The number of methoxy groups -OCH3 is 1. The second kappa shape index (κ2) is 16.9. The Morgan fingerprint density at radius 1 is 0.983 bits per heavy atom. The topological polar surface area (TPSA) is 164 Å². The number of aromatic nitrogens is 1. The molecule has 2 unspecified atom stereocenters. The van der Waals surface area contributed by atoms with E-state index in [4.69, 9.17) is 14.5 Å². The lowest BCUT2D eigenvalue weighted by atomic mass is 9.88. The van der Waals surface area contributed by atoms with Gasteiger partial charge in [-0.1, -0.05) is 62.1 Å². The van der Waals surface area contributed by atoms with Gasteiger partial charge in [0.15, 0.2) is 0 Å². The van der Waals surface area contributed by atoms with Crippen LogP contribution in [0.25, 0.3) is 22.2 Å². The fraction of sp³-hybridized carbons (Fsp3) is 0.533. The Morgan fingerprint density at radius 3 is 2.41 bits per heavy atom. The van der Waals surface area contributed by atoms with Gasteiger partial charge in [-0.3, -0.25) is 23.9 Å². The molecule has 2 saturated heterocycles. The Kier molecular flexibility index (Phi) is 11.7. The number of hydrogen-bond acceptors (Lipinski definition) is 9. The van der Waals surface area contributed by atoms with E-state index in [0.29, 0.717) is 61.0 Å².